The average molecular weight is 605 g/mol. The number of hydrogen-bond acceptors (Lipinski definition) is 6. The summed E-state index contributed by atoms with van der Waals surface area (Å²) in [6, 6.07) is 15.9. The lowest BCUT2D eigenvalue weighted by atomic mass is 9.81. The number of nitrogens with zero attached hydrogens (tertiary/aromatic N) is 3. The molecule has 2 aromatic carbocycles. The van der Waals surface area contributed by atoms with Gasteiger partial charge < -0.3 is 5.11 Å². The van der Waals surface area contributed by atoms with Crippen molar-refractivity contribution in [2.75, 3.05) is 0 Å². The van der Waals surface area contributed by atoms with E-state index in [4.69, 9.17) is 10.2 Å². The summed E-state index contributed by atoms with van der Waals surface area (Å²) >= 11 is 1.15. The Labute approximate surface area is 247 Å². The number of sulfonamides is 1. The first-order chi connectivity index (χ1) is 20.0. The van der Waals surface area contributed by atoms with Crippen LogP contribution in [0.3, 0.4) is 0 Å². The van der Waals surface area contributed by atoms with Gasteiger partial charge in [-0.05, 0) is 67.0 Å². The van der Waals surface area contributed by atoms with E-state index in [2.05, 4.69) is 4.98 Å². The highest BCUT2D eigenvalue weighted by Gasteiger charge is 2.41. The van der Waals surface area contributed by atoms with Crippen molar-refractivity contribution in [3.05, 3.63) is 111 Å². The van der Waals surface area contributed by atoms with Gasteiger partial charge in [-0.3, -0.25) is 0 Å². The zero-order valence-electron chi connectivity index (χ0n) is 22.8. The van der Waals surface area contributed by atoms with Gasteiger partial charge in [0.05, 0.1) is 10.6 Å². The van der Waals surface area contributed by atoms with E-state index in [-0.39, 0.29) is 22.7 Å². The number of nitrogens with two attached hydrogens (primary N) is 1. The Hall–Kier alpha value is -3.93. The molecule has 6 rings (SSSR count). The number of primary sulfonamides is 1. The fraction of sp³-hybridized carbons (Fsp3) is 0.258. The SMILES string of the molecule is CC1=CC(F)(c2nn(-c3nc(C(=O)O)cs3)c(CC3CC3)c2Cc2ccc(S(N)(=O)=O)cc2)CC(c2ccccc2)=C1. The van der Waals surface area contributed by atoms with E-state index in [1.807, 2.05) is 43.3 Å². The molecule has 8 nitrogen and oxygen atoms in total. The lowest BCUT2D eigenvalue weighted by molar-refractivity contribution is 0.0691. The van der Waals surface area contributed by atoms with Crippen molar-refractivity contribution in [1.82, 2.24) is 14.8 Å². The molecule has 4 aromatic rings. The second kappa shape index (κ2) is 10.7. The summed E-state index contributed by atoms with van der Waals surface area (Å²) in [6.07, 6.45) is 6.68. The number of halogens is 1. The number of carbonyl (C=O) groups is 1. The van der Waals surface area contributed by atoms with Crippen molar-refractivity contribution in [1.29, 1.82) is 0 Å². The number of alkyl halides is 1. The van der Waals surface area contributed by atoms with Crippen LogP contribution in [0.2, 0.25) is 0 Å². The van der Waals surface area contributed by atoms with Gasteiger partial charge in [0.15, 0.2) is 11.4 Å². The minimum absolute atomic E-state index is 0.00482. The summed E-state index contributed by atoms with van der Waals surface area (Å²) in [7, 11) is -3.86. The van der Waals surface area contributed by atoms with Gasteiger partial charge in [-0.25, -0.2) is 32.4 Å². The zero-order valence-corrected chi connectivity index (χ0v) is 24.5. The average Bonchev–Trinajstić information content (AvgIpc) is 3.49. The number of aromatic carboxylic acids is 1. The molecule has 0 radical (unpaired) electrons. The fourth-order valence-electron chi connectivity index (χ4n) is 5.48. The molecule has 216 valence electrons. The molecule has 2 heterocycles. The molecule has 1 atom stereocenters. The first-order valence-corrected chi connectivity index (χ1v) is 16.0. The maximum Gasteiger partial charge on any atom is 0.355 e. The van der Waals surface area contributed by atoms with Gasteiger partial charge in [0, 0.05) is 23.8 Å². The van der Waals surface area contributed by atoms with Crippen LogP contribution in [0.5, 0.6) is 0 Å². The number of hydrogen-bond donors (Lipinski definition) is 2. The highest BCUT2D eigenvalue weighted by molar-refractivity contribution is 7.89. The molecule has 11 heteroatoms. The van der Waals surface area contributed by atoms with E-state index >= 15 is 4.39 Å². The van der Waals surface area contributed by atoms with Crippen LogP contribution in [0.25, 0.3) is 10.7 Å². The Balaban J connectivity index is 1.51. The number of allylic oxidation sites excluding steroid dienone is 4. The number of carboxylic acid groups (broad SMARTS) is 1. The van der Waals surface area contributed by atoms with Crippen molar-refractivity contribution < 1.29 is 22.7 Å². The number of aromatic nitrogens is 3. The predicted octanol–water partition coefficient (Wildman–Crippen LogP) is 5.82. The second-order valence-corrected chi connectivity index (χ2v) is 13.4. The number of benzene rings is 2. The van der Waals surface area contributed by atoms with E-state index in [0.29, 0.717) is 29.5 Å². The smallest absolute Gasteiger partial charge is 0.355 e. The Morgan fingerprint density at radius 3 is 2.50 bits per heavy atom. The summed E-state index contributed by atoms with van der Waals surface area (Å²) < 4.78 is 42.7. The highest BCUT2D eigenvalue weighted by atomic mass is 32.2. The number of carboxylic acids is 1. The molecule has 0 aliphatic heterocycles. The minimum Gasteiger partial charge on any atom is -0.476 e. The summed E-state index contributed by atoms with van der Waals surface area (Å²) in [5.41, 5.74) is 3.00. The van der Waals surface area contributed by atoms with Crippen LogP contribution in [0.1, 0.15) is 64.8 Å². The maximum absolute atomic E-state index is 17.5. The Morgan fingerprint density at radius 1 is 1.17 bits per heavy atom. The molecule has 2 aliphatic rings. The molecular formula is C31H29FN4O4S2. The monoisotopic (exact) mass is 604 g/mol. The molecule has 1 fully saturated rings. The summed E-state index contributed by atoms with van der Waals surface area (Å²) in [5, 5.41) is 21.5. The van der Waals surface area contributed by atoms with Crippen molar-refractivity contribution in [3.63, 3.8) is 0 Å². The Bertz CT molecular complexity index is 1840. The van der Waals surface area contributed by atoms with Gasteiger partial charge in [-0.2, -0.15) is 5.10 Å². The van der Waals surface area contributed by atoms with E-state index in [9.17, 15) is 18.3 Å². The third kappa shape index (κ3) is 5.72. The zero-order chi connectivity index (χ0) is 29.6. The van der Waals surface area contributed by atoms with Crippen LogP contribution in [0.15, 0.2) is 82.6 Å². The van der Waals surface area contributed by atoms with Crippen molar-refractivity contribution >= 4 is 32.9 Å². The molecule has 0 saturated heterocycles. The topological polar surface area (TPSA) is 128 Å². The molecule has 0 bridgehead atoms. The largest absolute Gasteiger partial charge is 0.476 e. The van der Waals surface area contributed by atoms with Crippen LogP contribution in [0, 0.1) is 5.92 Å². The standard InChI is InChI=1S/C31H29FN4O4S2/c1-19-13-23(22-5-3-2-4-6-22)17-31(32,16-19)28-25(14-20-9-11-24(12-10-20)42(33,39)40)27(15-21-7-8-21)36(35-28)30-34-26(18-41-30)29(37)38/h2-6,9-13,16,18,21H,7-8,14-15,17H2,1H3,(H,37,38)(H2,33,39,40). The van der Waals surface area contributed by atoms with E-state index in [1.165, 1.54) is 17.5 Å². The molecule has 2 aliphatic carbocycles. The maximum atomic E-state index is 17.5. The summed E-state index contributed by atoms with van der Waals surface area (Å²) in [5.74, 6) is -0.732. The molecule has 0 spiro atoms. The highest BCUT2D eigenvalue weighted by Crippen LogP contribution is 2.45. The van der Waals surface area contributed by atoms with Crippen molar-refractivity contribution in [3.8, 4) is 5.13 Å². The lowest BCUT2D eigenvalue weighted by Gasteiger charge is -2.27. The van der Waals surface area contributed by atoms with Crippen molar-refractivity contribution in [2.45, 2.75) is 49.6 Å². The quantitative estimate of drug-likeness (QED) is 0.248. The molecule has 1 saturated carbocycles. The molecule has 3 N–H and O–H groups in total. The van der Waals surface area contributed by atoms with Gasteiger partial charge >= 0.3 is 5.97 Å². The molecule has 42 heavy (non-hydrogen) atoms. The lowest BCUT2D eigenvalue weighted by Crippen LogP contribution is -2.23. The minimum atomic E-state index is -3.86. The van der Waals surface area contributed by atoms with E-state index in [1.54, 1.807) is 22.9 Å². The molecule has 1 unspecified atom stereocenters. The van der Waals surface area contributed by atoms with Crippen LogP contribution in [0.4, 0.5) is 4.39 Å². The third-order valence-electron chi connectivity index (χ3n) is 7.64. The van der Waals surface area contributed by atoms with E-state index < -0.39 is 21.7 Å². The van der Waals surface area contributed by atoms with Crippen LogP contribution in [-0.2, 0) is 28.5 Å². The predicted molar refractivity (Wildman–Crippen MR) is 159 cm³/mol. The van der Waals surface area contributed by atoms with Gasteiger partial charge in [0.1, 0.15) is 5.69 Å². The first kappa shape index (κ1) is 28.2. The summed E-state index contributed by atoms with van der Waals surface area (Å²) in [6.45, 7) is 1.87. The molecular weight excluding hydrogens is 575 g/mol. The molecule has 0 amide bonds. The van der Waals surface area contributed by atoms with Gasteiger partial charge in [-0.1, -0.05) is 54.1 Å². The first-order valence-electron chi connectivity index (χ1n) is 13.6. The van der Waals surface area contributed by atoms with Crippen molar-refractivity contribution in [2.24, 2.45) is 11.1 Å². The second-order valence-electron chi connectivity index (χ2n) is 11.0. The van der Waals surface area contributed by atoms with Crippen LogP contribution < -0.4 is 5.14 Å². The van der Waals surface area contributed by atoms with E-state index in [0.717, 1.165) is 52.1 Å². The normalized spacial score (nSPS) is 18.9. The van der Waals surface area contributed by atoms with Crippen LogP contribution >= 0.6 is 11.3 Å². The van der Waals surface area contributed by atoms with Crippen LogP contribution in [-0.4, -0.2) is 34.3 Å². The Kier molecular flexibility index (Phi) is 7.20. The fourth-order valence-corrected chi connectivity index (χ4v) is 6.76. The molecule has 2 aromatic heterocycles. The number of thiazole rings is 1. The summed E-state index contributed by atoms with van der Waals surface area (Å²) in [4.78, 5) is 15.9. The number of rotatable bonds is 9. The van der Waals surface area contributed by atoms with Gasteiger partial charge in [-0.15, -0.1) is 11.3 Å². The van der Waals surface area contributed by atoms with Gasteiger partial charge in [0.25, 0.3) is 0 Å². The third-order valence-corrected chi connectivity index (χ3v) is 9.38. The Morgan fingerprint density at radius 2 is 1.88 bits per heavy atom. The van der Waals surface area contributed by atoms with Gasteiger partial charge in [0.2, 0.25) is 15.2 Å².